The van der Waals surface area contributed by atoms with Crippen molar-refractivity contribution in [2.75, 3.05) is 7.11 Å². The van der Waals surface area contributed by atoms with Crippen molar-refractivity contribution in [3.05, 3.63) is 54.0 Å². The molecular weight excluding hydrogens is 254 g/mol. The van der Waals surface area contributed by atoms with Crippen molar-refractivity contribution in [1.82, 2.24) is 14.6 Å². The Bertz CT molecular complexity index is 720. The standard InChI is InChI=1S/C15H15N3O2/c1-11-7-8-18-15(9-11)16-14(17-18)10-20-13-5-3-12(19-2)4-6-13/h3-9H,10H2,1-2H3. The van der Waals surface area contributed by atoms with Crippen molar-refractivity contribution in [2.24, 2.45) is 0 Å². The van der Waals surface area contributed by atoms with Gasteiger partial charge >= 0.3 is 0 Å². The van der Waals surface area contributed by atoms with Gasteiger partial charge in [0, 0.05) is 6.20 Å². The Balaban J connectivity index is 1.72. The molecular formula is C15H15N3O2. The molecule has 0 unspecified atom stereocenters. The first-order valence-electron chi connectivity index (χ1n) is 6.33. The Morgan fingerprint density at radius 3 is 2.60 bits per heavy atom. The van der Waals surface area contributed by atoms with Crippen LogP contribution in [0.2, 0.25) is 0 Å². The number of methoxy groups -OCH3 is 1. The van der Waals surface area contributed by atoms with Gasteiger partial charge in [0.2, 0.25) is 0 Å². The van der Waals surface area contributed by atoms with Crippen LogP contribution in [0, 0.1) is 6.92 Å². The van der Waals surface area contributed by atoms with Crippen LogP contribution < -0.4 is 9.47 Å². The maximum Gasteiger partial charge on any atom is 0.189 e. The number of aryl methyl sites for hydroxylation is 1. The van der Waals surface area contributed by atoms with E-state index in [2.05, 4.69) is 10.1 Å². The summed E-state index contributed by atoms with van der Waals surface area (Å²) in [7, 11) is 1.64. The van der Waals surface area contributed by atoms with Crippen molar-refractivity contribution in [3.63, 3.8) is 0 Å². The summed E-state index contributed by atoms with van der Waals surface area (Å²) in [5.74, 6) is 2.23. The summed E-state index contributed by atoms with van der Waals surface area (Å²) in [5.41, 5.74) is 1.99. The highest BCUT2D eigenvalue weighted by atomic mass is 16.5. The van der Waals surface area contributed by atoms with Gasteiger partial charge in [0.1, 0.15) is 18.1 Å². The van der Waals surface area contributed by atoms with E-state index in [1.165, 1.54) is 0 Å². The Morgan fingerprint density at radius 2 is 1.85 bits per heavy atom. The molecule has 0 aliphatic carbocycles. The molecule has 0 radical (unpaired) electrons. The van der Waals surface area contributed by atoms with Gasteiger partial charge in [-0.3, -0.25) is 0 Å². The molecule has 0 aliphatic rings. The third kappa shape index (κ3) is 2.56. The number of ether oxygens (including phenoxy) is 2. The van der Waals surface area contributed by atoms with Crippen LogP contribution >= 0.6 is 0 Å². The van der Waals surface area contributed by atoms with Gasteiger partial charge in [0.05, 0.1) is 7.11 Å². The van der Waals surface area contributed by atoms with Gasteiger partial charge in [0.15, 0.2) is 11.5 Å². The summed E-state index contributed by atoms with van der Waals surface area (Å²) >= 11 is 0. The van der Waals surface area contributed by atoms with E-state index >= 15 is 0 Å². The van der Waals surface area contributed by atoms with E-state index in [9.17, 15) is 0 Å². The molecule has 3 aromatic rings. The summed E-state index contributed by atoms with van der Waals surface area (Å²) in [5, 5.41) is 4.36. The first kappa shape index (κ1) is 12.5. The molecule has 0 saturated heterocycles. The zero-order chi connectivity index (χ0) is 13.9. The number of nitrogens with zero attached hydrogens (tertiary/aromatic N) is 3. The monoisotopic (exact) mass is 269 g/mol. The number of rotatable bonds is 4. The molecule has 0 spiro atoms. The smallest absolute Gasteiger partial charge is 0.189 e. The number of hydrogen-bond donors (Lipinski definition) is 0. The maximum absolute atomic E-state index is 5.66. The summed E-state index contributed by atoms with van der Waals surface area (Å²) < 4.78 is 12.5. The highest BCUT2D eigenvalue weighted by Gasteiger charge is 2.04. The number of pyridine rings is 1. The van der Waals surface area contributed by atoms with Crippen LogP contribution in [0.3, 0.4) is 0 Å². The summed E-state index contributed by atoms with van der Waals surface area (Å²) in [6.07, 6.45) is 1.90. The molecule has 0 amide bonds. The fraction of sp³-hybridized carbons (Fsp3) is 0.200. The second-order valence-corrected chi connectivity index (χ2v) is 4.50. The van der Waals surface area contributed by atoms with E-state index in [0.29, 0.717) is 12.4 Å². The minimum Gasteiger partial charge on any atom is -0.497 e. The predicted molar refractivity (Wildman–Crippen MR) is 75.1 cm³/mol. The molecule has 5 nitrogen and oxygen atoms in total. The van der Waals surface area contributed by atoms with Crippen LogP contribution in [-0.4, -0.2) is 21.7 Å². The number of aromatic nitrogens is 3. The zero-order valence-electron chi connectivity index (χ0n) is 11.4. The van der Waals surface area contributed by atoms with E-state index in [4.69, 9.17) is 9.47 Å². The normalized spacial score (nSPS) is 10.7. The average Bonchev–Trinajstić information content (AvgIpc) is 2.87. The van der Waals surface area contributed by atoms with Gasteiger partial charge in [-0.25, -0.2) is 9.50 Å². The van der Waals surface area contributed by atoms with Crippen molar-refractivity contribution in [2.45, 2.75) is 13.5 Å². The second-order valence-electron chi connectivity index (χ2n) is 4.50. The van der Waals surface area contributed by atoms with Crippen LogP contribution in [0.4, 0.5) is 0 Å². The zero-order valence-corrected chi connectivity index (χ0v) is 11.4. The largest absolute Gasteiger partial charge is 0.497 e. The van der Waals surface area contributed by atoms with Crippen molar-refractivity contribution in [3.8, 4) is 11.5 Å². The van der Waals surface area contributed by atoms with Gasteiger partial charge in [-0.05, 0) is 48.9 Å². The lowest BCUT2D eigenvalue weighted by Crippen LogP contribution is -1.98. The molecule has 2 heterocycles. The summed E-state index contributed by atoms with van der Waals surface area (Å²) in [6.45, 7) is 2.37. The maximum atomic E-state index is 5.66. The van der Waals surface area contributed by atoms with E-state index in [1.54, 1.807) is 11.6 Å². The van der Waals surface area contributed by atoms with E-state index in [-0.39, 0.29) is 0 Å². The fourth-order valence-corrected chi connectivity index (χ4v) is 1.91. The molecule has 0 bridgehead atoms. The van der Waals surface area contributed by atoms with Gasteiger partial charge in [-0.1, -0.05) is 0 Å². The molecule has 20 heavy (non-hydrogen) atoms. The molecule has 3 rings (SSSR count). The van der Waals surface area contributed by atoms with E-state index < -0.39 is 0 Å². The number of hydrogen-bond acceptors (Lipinski definition) is 4. The van der Waals surface area contributed by atoms with Crippen molar-refractivity contribution in [1.29, 1.82) is 0 Å². The Labute approximate surface area is 116 Å². The third-order valence-corrected chi connectivity index (χ3v) is 2.96. The van der Waals surface area contributed by atoms with Gasteiger partial charge in [-0.2, -0.15) is 0 Å². The predicted octanol–water partition coefficient (Wildman–Crippen LogP) is 2.63. The SMILES string of the molecule is COc1ccc(OCc2nc3cc(C)ccn3n2)cc1. The lowest BCUT2D eigenvalue weighted by atomic mass is 10.3. The molecule has 0 N–H and O–H groups in total. The lowest BCUT2D eigenvalue weighted by molar-refractivity contribution is 0.295. The summed E-state index contributed by atoms with van der Waals surface area (Å²) in [4.78, 5) is 4.42. The van der Waals surface area contributed by atoms with Crippen molar-refractivity contribution < 1.29 is 9.47 Å². The third-order valence-electron chi connectivity index (χ3n) is 2.96. The molecule has 1 aromatic carbocycles. The second kappa shape index (κ2) is 5.21. The molecule has 0 aliphatic heterocycles. The molecule has 5 heteroatoms. The number of fused-ring (bicyclic) bond motifs is 1. The van der Waals surface area contributed by atoms with Crippen molar-refractivity contribution >= 4 is 5.65 Å². The molecule has 0 saturated carbocycles. The summed E-state index contributed by atoms with van der Waals surface area (Å²) in [6, 6.07) is 11.4. The van der Waals surface area contributed by atoms with E-state index in [1.807, 2.05) is 49.5 Å². The quantitative estimate of drug-likeness (QED) is 0.730. The Hall–Kier alpha value is -2.56. The highest BCUT2D eigenvalue weighted by Crippen LogP contribution is 2.17. The minimum absolute atomic E-state index is 0.340. The first-order chi connectivity index (χ1) is 9.74. The Kier molecular flexibility index (Phi) is 3.25. The first-order valence-corrected chi connectivity index (χ1v) is 6.33. The van der Waals surface area contributed by atoms with Gasteiger partial charge < -0.3 is 9.47 Å². The molecule has 0 fully saturated rings. The molecule has 0 atom stereocenters. The number of benzene rings is 1. The van der Waals surface area contributed by atoms with Gasteiger partial charge in [-0.15, -0.1) is 5.10 Å². The highest BCUT2D eigenvalue weighted by molar-refractivity contribution is 5.40. The van der Waals surface area contributed by atoms with Crippen LogP contribution in [-0.2, 0) is 6.61 Å². The van der Waals surface area contributed by atoms with Crippen LogP contribution in [0.15, 0.2) is 42.6 Å². The Morgan fingerprint density at radius 1 is 1.10 bits per heavy atom. The van der Waals surface area contributed by atoms with Crippen LogP contribution in [0.1, 0.15) is 11.4 Å². The minimum atomic E-state index is 0.340. The van der Waals surface area contributed by atoms with Gasteiger partial charge in [0.25, 0.3) is 0 Å². The molecule has 102 valence electrons. The van der Waals surface area contributed by atoms with E-state index in [0.717, 1.165) is 22.7 Å². The fourth-order valence-electron chi connectivity index (χ4n) is 1.91. The molecule has 2 aromatic heterocycles. The van der Waals surface area contributed by atoms with Crippen LogP contribution in [0.5, 0.6) is 11.5 Å². The van der Waals surface area contributed by atoms with Crippen LogP contribution in [0.25, 0.3) is 5.65 Å². The average molecular weight is 269 g/mol. The topological polar surface area (TPSA) is 48.7 Å². The lowest BCUT2D eigenvalue weighted by Gasteiger charge is -2.04.